The average molecular weight is 224 g/mol. The highest BCUT2D eigenvalue weighted by Gasteiger charge is 2.06. The van der Waals surface area contributed by atoms with Crippen LogP contribution in [0, 0.1) is 0 Å². The van der Waals surface area contributed by atoms with Gasteiger partial charge in [0.2, 0.25) is 0 Å². The van der Waals surface area contributed by atoms with Gasteiger partial charge in [-0.05, 0) is 45.4 Å². The maximum atomic E-state index is 5.02. The molecule has 1 aromatic heterocycles. The molecule has 1 atom stereocenters. The predicted molar refractivity (Wildman–Crippen MR) is 67.7 cm³/mol. The molecule has 16 heavy (non-hydrogen) atoms. The van der Waals surface area contributed by atoms with Gasteiger partial charge in [-0.3, -0.25) is 0 Å². The molecule has 0 amide bonds. The van der Waals surface area contributed by atoms with Crippen LogP contribution in [0.5, 0.6) is 0 Å². The van der Waals surface area contributed by atoms with Gasteiger partial charge in [0.25, 0.3) is 0 Å². The van der Waals surface area contributed by atoms with E-state index in [0.717, 1.165) is 19.6 Å². The number of nitrogens with one attached hydrogen (secondary N) is 1. The van der Waals surface area contributed by atoms with Crippen LogP contribution in [-0.4, -0.2) is 24.8 Å². The number of methoxy groups -OCH3 is 1. The highest BCUT2D eigenvalue weighted by molar-refractivity contribution is 5.15. The van der Waals surface area contributed by atoms with Gasteiger partial charge in [0, 0.05) is 38.2 Å². The second-order valence-electron chi connectivity index (χ2n) is 4.51. The minimum absolute atomic E-state index is 0.414. The van der Waals surface area contributed by atoms with Gasteiger partial charge in [-0.2, -0.15) is 0 Å². The molecule has 1 unspecified atom stereocenters. The third-order valence-electron chi connectivity index (χ3n) is 2.81. The summed E-state index contributed by atoms with van der Waals surface area (Å²) < 4.78 is 7.26. The zero-order valence-corrected chi connectivity index (χ0v) is 10.9. The van der Waals surface area contributed by atoms with E-state index in [0.29, 0.717) is 12.1 Å². The van der Waals surface area contributed by atoms with Crippen molar-refractivity contribution < 1.29 is 4.74 Å². The van der Waals surface area contributed by atoms with Crippen molar-refractivity contribution in [2.24, 2.45) is 0 Å². The first-order valence-electron chi connectivity index (χ1n) is 6.05. The van der Waals surface area contributed by atoms with Gasteiger partial charge in [0.15, 0.2) is 0 Å². The van der Waals surface area contributed by atoms with E-state index in [2.05, 4.69) is 49.1 Å². The van der Waals surface area contributed by atoms with Gasteiger partial charge in [-0.1, -0.05) is 0 Å². The van der Waals surface area contributed by atoms with Gasteiger partial charge >= 0.3 is 0 Å². The Balaban J connectivity index is 2.37. The Morgan fingerprint density at radius 2 is 2.12 bits per heavy atom. The molecule has 3 nitrogen and oxygen atoms in total. The molecule has 0 aliphatic rings. The maximum absolute atomic E-state index is 5.02. The molecule has 1 rings (SSSR count). The summed E-state index contributed by atoms with van der Waals surface area (Å²) in [5.41, 5.74) is 1.35. The highest BCUT2D eigenvalue weighted by Crippen LogP contribution is 2.15. The first-order chi connectivity index (χ1) is 7.65. The lowest BCUT2D eigenvalue weighted by Gasteiger charge is -2.12. The fourth-order valence-corrected chi connectivity index (χ4v) is 1.66. The van der Waals surface area contributed by atoms with Gasteiger partial charge in [0.05, 0.1) is 0 Å². The molecule has 0 aromatic carbocycles. The van der Waals surface area contributed by atoms with Crippen LogP contribution in [0.4, 0.5) is 0 Å². The van der Waals surface area contributed by atoms with Crippen LogP contribution in [-0.2, 0) is 4.74 Å². The van der Waals surface area contributed by atoms with Gasteiger partial charge < -0.3 is 14.6 Å². The number of aromatic nitrogens is 1. The van der Waals surface area contributed by atoms with Gasteiger partial charge in [0.1, 0.15) is 0 Å². The number of hydrogen-bond donors (Lipinski definition) is 1. The first-order valence-corrected chi connectivity index (χ1v) is 6.05. The number of ether oxygens (including phenoxy) is 1. The monoisotopic (exact) mass is 224 g/mol. The molecule has 0 spiro atoms. The molecule has 1 heterocycles. The van der Waals surface area contributed by atoms with Crippen LogP contribution >= 0.6 is 0 Å². The summed E-state index contributed by atoms with van der Waals surface area (Å²) in [6, 6.07) is 3.14. The summed E-state index contributed by atoms with van der Waals surface area (Å²) in [6.45, 7) is 8.42. The first kappa shape index (κ1) is 13.3. The van der Waals surface area contributed by atoms with Crippen molar-refractivity contribution in [1.29, 1.82) is 0 Å². The SMILES string of the molecule is COCCCNC(C)c1ccn(C(C)C)c1. The van der Waals surface area contributed by atoms with E-state index in [9.17, 15) is 0 Å². The summed E-state index contributed by atoms with van der Waals surface area (Å²) in [5, 5.41) is 3.49. The molecule has 0 fully saturated rings. The zero-order chi connectivity index (χ0) is 12.0. The van der Waals surface area contributed by atoms with Crippen LogP contribution in [0.1, 0.15) is 44.8 Å². The number of nitrogens with zero attached hydrogens (tertiary/aromatic N) is 1. The molecular weight excluding hydrogens is 200 g/mol. The van der Waals surface area contributed by atoms with E-state index < -0.39 is 0 Å². The molecule has 1 N–H and O–H groups in total. The molecule has 92 valence electrons. The van der Waals surface area contributed by atoms with Crippen LogP contribution in [0.2, 0.25) is 0 Å². The third-order valence-corrected chi connectivity index (χ3v) is 2.81. The Morgan fingerprint density at radius 1 is 1.38 bits per heavy atom. The highest BCUT2D eigenvalue weighted by atomic mass is 16.5. The normalized spacial score (nSPS) is 13.3. The summed E-state index contributed by atoms with van der Waals surface area (Å²) in [7, 11) is 1.74. The molecule has 0 saturated carbocycles. The number of rotatable bonds is 7. The minimum Gasteiger partial charge on any atom is -0.385 e. The standard InChI is InChI=1S/C13H24N2O/c1-11(2)15-8-6-13(10-15)12(3)14-7-5-9-16-4/h6,8,10-12,14H,5,7,9H2,1-4H3. The van der Waals surface area contributed by atoms with E-state index in [4.69, 9.17) is 4.74 Å². The Bertz CT molecular complexity index is 294. The van der Waals surface area contributed by atoms with Crippen LogP contribution in [0.3, 0.4) is 0 Å². The van der Waals surface area contributed by atoms with Crippen molar-refractivity contribution in [3.8, 4) is 0 Å². The van der Waals surface area contributed by atoms with Gasteiger partial charge in [-0.15, -0.1) is 0 Å². The largest absolute Gasteiger partial charge is 0.385 e. The third kappa shape index (κ3) is 3.99. The maximum Gasteiger partial charge on any atom is 0.0474 e. The topological polar surface area (TPSA) is 26.2 Å². The molecule has 0 aliphatic carbocycles. The van der Waals surface area contributed by atoms with Crippen LogP contribution in [0.15, 0.2) is 18.5 Å². The zero-order valence-electron chi connectivity index (χ0n) is 10.9. The summed E-state index contributed by atoms with van der Waals surface area (Å²) in [4.78, 5) is 0. The molecule has 0 aliphatic heterocycles. The van der Waals surface area contributed by atoms with E-state index >= 15 is 0 Å². The summed E-state index contributed by atoms with van der Waals surface area (Å²) in [5.74, 6) is 0. The average Bonchev–Trinajstić information content (AvgIpc) is 2.73. The minimum atomic E-state index is 0.414. The van der Waals surface area contributed by atoms with E-state index in [1.807, 2.05) is 0 Å². The second kappa shape index (κ2) is 6.71. The van der Waals surface area contributed by atoms with Crippen molar-refractivity contribution in [2.45, 2.75) is 39.3 Å². The van der Waals surface area contributed by atoms with E-state index in [-0.39, 0.29) is 0 Å². The molecule has 0 bridgehead atoms. The van der Waals surface area contributed by atoms with Crippen molar-refractivity contribution in [2.75, 3.05) is 20.3 Å². The van der Waals surface area contributed by atoms with E-state index in [1.165, 1.54) is 5.56 Å². The Labute approximate surface area is 98.8 Å². The van der Waals surface area contributed by atoms with Gasteiger partial charge in [-0.25, -0.2) is 0 Å². The van der Waals surface area contributed by atoms with Crippen molar-refractivity contribution in [3.63, 3.8) is 0 Å². The molecule has 0 saturated heterocycles. The van der Waals surface area contributed by atoms with Crippen molar-refractivity contribution in [3.05, 3.63) is 24.0 Å². The van der Waals surface area contributed by atoms with Crippen LogP contribution in [0.25, 0.3) is 0 Å². The molecule has 3 heteroatoms. The number of hydrogen-bond acceptors (Lipinski definition) is 2. The lowest BCUT2D eigenvalue weighted by molar-refractivity contribution is 0.193. The van der Waals surface area contributed by atoms with E-state index in [1.54, 1.807) is 7.11 Å². The smallest absolute Gasteiger partial charge is 0.0474 e. The quantitative estimate of drug-likeness (QED) is 0.721. The molecular formula is C13H24N2O. The molecule has 0 radical (unpaired) electrons. The summed E-state index contributed by atoms with van der Waals surface area (Å²) >= 11 is 0. The van der Waals surface area contributed by atoms with Crippen LogP contribution < -0.4 is 5.32 Å². The lowest BCUT2D eigenvalue weighted by Crippen LogP contribution is -2.20. The lowest BCUT2D eigenvalue weighted by atomic mass is 10.2. The fourth-order valence-electron chi connectivity index (χ4n) is 1.66. The summed E-state index contributed by atoms with van der Waals surface area (Å²) in [6.07, 6.45) is 5.43. The Kier molecular flexibility index (Phi) is 5.56. The van der Waals surface area contributed by atoms with Crippen molar-refractivity contribution >= 4 is 0 Å². The second-order valence-corrected chi connectivity index (χ2v) is 4.51. The fraction of sp³-hybridized carbons (Fsp3) is 0.692. The predicted octanol–water partition coefficient (Wildman–Crippen LogP) is 2.76. The Hall–Kier alpha value is -0.800. The molecule has 1 aromatic rings. The Morgan fingerprint density at radius 3 is 2.69 bits per heavy atom. The van der Waals surface area contributed by atoms with Crippen molar-refractivity contribution in [1.82, 2.24) is 9.88 Å².